The zero-order valence-corrected chi connectivity index (χ0v) is 25.5. The molecule has 0 radical (unpaired) electrons. The Morgan fingerprint density at radius 2 is 1.00 bits per heavy atom. The van der Waals surface area contributed by atoms with E-state index in [-0.39, 0.29) is 23.9 Å². The van der Waals surface area contributed by atoms with Crippen LogP contribution in [0.4, 0.5) is 0 Å². The molecule has 0 unspecified atom stereocenters. The second kappa shape index (κ2) is 16.3. The highest BCUT2D eigenvalue weighted by atomic mass is 79.9. The Morgan fingerprint density at radius 1 is 0.684 bits per heavy atom. The lowest BCUT2D eigenvalue weighted by Gasteiger charge is -2.27. The number of nitrogens with one attached hydrogen (secondary N) is 4. The molecule has 1 aliphatic rings. The Kier molecular flexibility index (Phi) is 13.2. The van der Waals surface area contributed by atoms with E-state index in [0.717, 1.165) is 72.4 Å². The predicted octanol–water partition coefficient (Wildman–Crippen LogP) is 3.06. The molecule has 0 aliphatic carbocycles. The molecule has 38 heavy (non-hydrogen) atoms. The lowest BCUT2D eigenvalue weighted by atomic mass is 10.1. The van der Waals surface area contributed by atoms with Crippen molar-refractivity contribution in [2.45, 2.75) is 25.9 Å². The summed E-state index contributed by atoms with van der Waals surface area (Å²) in [7, 11) is 0. The second-order valence-electron chi connectivity index (χ2n) is 9.73. The molecule has 1 fully saturated rings. The summed E-state index contributed by atoms with van der Waals surface area (Å²) >= 11 is 6.90. The van der Waals surface area contributed by atoms with Crippen molar-refractivity contribution in [3.8, 4) is 0 Å². The summed E-state index contributed by atoms with van der Waals surface area (Å²) in [5, 5.41) is 13.2. The first-order valence-corrected chi connectivity index (χ1v) is 14.8. The fourth-order valence-corrected chi connectivity index (χ4v) is 4.92. The maximum Gasteiger partial charge on any atom is 0.234 e. The van der Waals surface area contributed by atoms with Crippen LogP contribution in [0.1, 0.15) is 37.1 Å². The van der Waals surface area contributed by atoms with Gasteiger partial charge in [-0.2, -0.15) is 0 Å². The van der Waals surface area contributed by atoms with Crippen molar-refractivity contribution >= 4 is 43.7 Å². The first kappa shape index (κ1) is 30.7. The summed E-state index contributed by atoms with van der Waals surface area (Å²) < 4.78 is 2.05. The summed E-state index contributed by atoms with van der Waals surface area (Å²) in [6.07, 6.45) is 0. The highest BCUT2D eigenvalue weighted by Crippen LogP contribution is 2.17. The van der Waals surface area contributed by atoms with Gasteiger partial charge in [0.1, 0.15) is 0 Å². The van der Waals surface area contributed by atoms with Crippen LogP contribution in [0.3, 0.4) is 0 Å². The fraction of sp³-hybridized carbons (Fsp3) is 0.500. The van der Waals surface area contributed by atoms with Crippen LogP contribution >= 0.6 is 31.9 Å². The highest BCUT2D eigenvalue weighted by molar-refractivity contribution is 9.10. The molecule has 8 nitrogen and oxygen atoms in total. The maximum absolute atomic E-state index is 12.7. The van der Waals surface area contributed by atoms with Gasteiger partial charge in [0.05, 0.1) is 25.2 Å². The topological polar surface area (TPSA) is 88.7 Å². The number of nitrogens with zero attached hydrogens (tertiary/aromatic N) is 2. The van der Waals surface area contributed by atoms with E-state index in [1.165, 1.54) is 0 Å². The minimum absolute atomic E-state index is 0.0297. The zero-order chi connectivity index (χ0) is 27.3. The van der Waals surface area contributed by atoms with E-state index in [1.807, 2.05) is 62.4 Å². The SMILES string of the molecule is C[C@H](NC(=O)CN1CCNCCN(CC(=O)N[C@@H](C)c2ccc(Br)cc2)CCNCC1)c1ccc(Br)cc1. The first-order valence-electron chi connectivity index (χ1n) is 13.3. The van der Waals surface area contributed by atoms with Crippen molar-refractivity contribution in [2.75, 3.05) is 65.4 Å². The molecule has 0 spiro atoms. The van der Waals surface area contributed by atoms with E-state index >= 15 is 0 Å². The third-order valence-corrected chi connectivity index (χ3v) is 7.71. The molecular formula is C28H40Br2N6O2. The highest BCUT2D eigenvalue weighted by Gasteiger charge is 2.16. The summed E-state index contributed by atoms with van der Waals surface area (Å²) in [4.78, 5) is 29.8. The Balaban J connectivity index is 1.40. The van der Waals surface area contributed by atoms with Gasteiger partial charge in [-0.05, 0) is 49.2 Å². The average Bonchev–Trinajstić information content (AvgIpc) is 2.87. The molecule has 0 saturated carbocycles. The van der Waals surface area contributed by atoms with Crippen molar-refractivity contribution in [3.05, 3.63) is 68.6 Å². The molecule has 1 aliphatic heterocycles. The molecule has 2 atom stereocenters. The summed E-state index contributed by atoms with van der Waals surface area (Å²) in [5.41, 5.74) is 2.17. The standard InChI is InChI=1S/C28H40Br2N6O2/c1-21(23-3-7-25(29)8-4-23)33-27(37)19-35-15-11-31-13-17-36(18-14-32-12-16-35)20-28(38)34-22(2)24-5-9-26(30)10-6-24/h3-10,21-22,31-32H,11-20H2,1-2H3,(H,33,37)(H,34,38)/t21-,22-/m0/s1. The molecule has 208 valence electrons. The van der Waals surface area contributed by atoms with Crippen molar-refractivity contribution in [1.29, 1.82) is 0 Å². The van der Waals surface area contributed by atoms with Gasteiger partial charge < -0.3 is 21.3 Å². The van der Waals surface area contributed by atoms with Crippen molar-refractivity contribution in [2.24, 2.45) is 0 Å². The number of benzene rings is 2. The van der Waals surface area contributed by atoms with E-state index in [0.29, 0.717) is 13.1 Å². The van der Waals surface area contributed by atoms with E-state index < -0.39 is 0 Å². The van der Waals surface area contributed by atoms with Crippen LogP contribution in [0.2, 0.25) is 0 Å². The van der Waals surface area contributed by atoms with Crippen molar-refractivity contribution in [1.82, 2.24) is 31.1 Å². The minimum Gasteiger partial charge on any atom is -0.348 e. The molecule has 0 bridgehead atoms. The van der Waals surface area contributed by atoms with Crippen LogP contribution in [0.25, 0.3) is 0 Å². The lowest BCUT2D eigenvalue weighted by molar-refractivity contribution is -0.123. The number of amides is 2. The predicted molar refractivity (Wildman–Crippen MR) is 160 cm³/mol. The largest absolute Gasteiger partial charge is 0.348 e. The minimum atomic E-state index is -0.0414. The third kappa shape index (κ3) is 11.1. The number of halogens is 2. The van der Waals surface area contributed by atoms with Gasteiger partial charge >= 0.3 is 0 Å². The molecule has 1 saturated heterocycles. The molecule has 1 heterocycles. The molecule has 10 heteroatoms. The van der Waals surface area contributed by atoms with E-state index in [2.05, 4.69) is 62.9 Å². The van der Waals surface area contributed by atoms with Crippen LogP contribution in [0.15, 0.2) is 57.5 Å². The number of hydrogen-bond donors (Lipinski definition) is 4. The molecule has 2 aromatic rings. The number of carbonyl (C=O) groups excluding carboxylic acids is 2. The van der Waals surface area contributed by atoms with Gasteiger partial charge in [0.25, 0.3) is 0 Å². The summed E-state index contributed by atoms with van der Waals surface area (Å²) in [5.74, 6) is 0.0594. The van der Waals surface area contributed by atoms with Gasteiger partial charge in [-0.25, -0.2) is 0 Å². The van der Waals surface area contributed by atoms with E-state index in [4.69, 9.17) is 0 Å². The van der Waals surface area contributed by atoms with Crippen LogP contribution in [0.5, 0.6) is 0 Å². The smallest absolute Gasteiger partial charge is 0.234 e. The number of rotatable bonds is 8. The van der Waals surface area contributed by atoms with Gasteiger partial charge in [-0.15, -0.1) is 0 Å². The van der Waals surface area contributed by atoms with Crippen LogP contribution < -0.4 is 21.3 Å². The molecule has 4 N–H and O–H groups in total. The monoisotopic (exact) mass is 650 g/mol. The van der Waals surface area contributed by atoms with Crippen LogP contribution in [-0.4, -0.2) is 87.1 Å². The third-order valence-electron chi connectivity index (χ3n) is 6.65. The van der Waals surface area contributed by atoms with Crippen LogP contribution in [-0.2, 0) is 9.59 Å². The number of carbonyl (C=O) groups is 2. The second-order valence-corrected chi connectivity index (χ2v) is 11.6. The van der Waals surface area contributed by atoms with Gasteiger partial charge in [-0.1, -0.05) is 56.1 Å². The molecule has 2 amide bonds. The number of hydrogen-bond acceptors (Lipinski definition) is 6. The van der Waals surface area contributed by atoms with Gasteiger partial charge in [0.15, 0.2) is 0 Å². The lowest BCUT2D eigenvalue weighted by Crippen LogP contribution is -2.47. The fourth-order valence-electron chi connectivity index (χ4n) is 4.39. The molecule has 0 aromatic heterocycles. The normalized spacial score (nSPS) is 18.0. The first-order chi connectivity index (χ1) is 18.3. The van der Waals surface area contributed by atoms with Crippen molar-refractivity contribution in [3.63, 3.8) is 0 Å². The van der Waals surface area contributed by atoms with Crippen molar-refractivity contribution < 1.29 is 9.59 Å². The van der Waals surface area contributed by atoms with E-state index in [9.17, 15) is 9.59 Å². The Hall–Kier alpha value is -1.82. The van der Waals surface area contributed by atoms with Gasteiger partial charge in [-0.3, -0.25) is 19.4 Å². The Bertz CT molecular complexity index is 912. The Labute approximate surface area is 243 Å². The van der Waals surface area contributed by atoms with Gasteiger partial charge in [0, 0.05) is 61.3 Å². The quantitative estimate of drug-likeness (QED) is 0.351. The average molecular weight is 652 g/mol. The summed E-state index contributed by atoms with van der Waals surface area (Å²) in [6, 6.07) is 16.0. The Morgan fingerprint density at radius 3 is 1.32 bits per heavy atom. The summed E-state index contributed by atoms with van der Waals surface area (Å²) in [6.45, 7) is 11.0. The zero-order valence-electron chi connectivity index (χ0n) is 22.3. The van der Waals surface area contributed by atoms with Gasteiger partial charge in [0.2, 0.25) is 11.8 Å². The molecule has 2 aromatic carbocycles. The van der Waals surface area contributed by atoms with E-state index in [1.54, 1.807) is 0 Å². The molecule has 3 rings (SSSR count). The van der Waals surface area contributed by atoms with Crippen LogP contribution in [0, 0.1) is 0 Å². The maximum atomic E-state index is 12.7. The molecular weight excluding hydrogens is 612 g/mol.